The van der Waals surface area contributed by atoms with Crippen LogP contribution < -0.4 is 20.5 Å². The van der Waals surface area contributed by atoms with E-state index in [4.69, 9.17) is 15.2 Å². The van der Waals surface area contributed by atoms with Crippen LogP contribution >= 0.6 is 0 Å². The molecule has 0 aliphatic heterocycles. The Balaban J connectivity index is 1.94. The number of carbonyl (C=O) groups is 2. The fourth-order valence-corrected chi connectivity index (χ4v) is 2.88. The van der Waals surface area contributed by atoms with Gasteiger partial charge in [-0.3, -0.25) is 9.59 Å². The quantitative estimate of drug-likeness (QED) is 0.837. The van der Waals surface area contributed by atoms with Crippen molar-refractivity contribution in [2.45, 2.75) is 38.6 Å². The van der Waals surface area contributed by atoms with Crippen molar-refractivity contribution in [1.29, 1.82) is 0 Å². The minimum absolute atomic E-state index is 0.143. The highest BCUT2D eigenvalue weighted by molar-refractivity contribution is 5.96. The van der Waals surface area contributed by atoms with Crippen molar-refractivity contribution in [2.75, 3.05) is 13.7 Å². The van der Waals surface area contributed by atoms with Crippen LogP contribution in [0.3, 0.4) is 0 Å². The summed E-state index contributed by atoms with van der Waals surface area (Å²) in [7, 11) is 1.50. The van der Waals surface area contributed by atoms with E-state index in [1.54, 1.807) is 12.1 Å². The van der Waals surface area contributed by atoms with E-state index in [-0.39, 0.29) is 29.9 Å². The summed E-state index contributed by atoms with van der Waals surface area (Å²) in [5.74, 6) is 0.460. The Morgan fingerprint density at radius 3 is 2.70 bits per heavy atom. The number of hydrogen-bond donors (Lipinski definition) is 2. The Kier molecular flexibility index (Phi) is 5.84. The first-order valence-electron chi connectivity index (χ1n) is 7.91. The molecule has 0 unspecified atom stereocenters. The van der Waals surface area contributed by atoms with Crippen LogP contribution in [0.2, 0.25) is 0 Å². The molecule has 1 aliphatic carbocycles. The van der Waals surface area contributed by atoms with Gasteiger partial charge in [-0.1, -0.05) is 19.8 Å². The number of primary amides is 1. The molecule has 1 fully saturated rings. The number of amides is 2. The molecular weight excluding hydrogens is 296 g/mol. The van der Waals surface area contributed by atoms with Gasteiger partial charge in [-0.05, 0) is 37.0 Å². The van der Waals surface area contributed by atoms with Gasteiger partial charge in [0.05, 0.1) is 12.7 Å². The third-order valence-corrected chi connectivity index (χ3v) is 4.27. The van der Waals surface area contributed by atoms with Crippen molar-refractivity contribution >= 4 is 11.8 Å². The molecule has 1 saturated carbocycles. The summed E-state index contributed by atoms with van der Waals surface area (Å²) in [5.41, 5.74) is 5.53. The summed E-state index contributed by atoms with van der Waals surface area (Å²) in [6.07, 6.45) is 4.50. The molecule has 0 saturated heterocycles. The number of hydrogen-bond acceptors (Lipinski definition) is 4. The summed E-state index contributed by atoms with van der Waals surface area (Å²) in [6, 6.07) is 4.93. The molecule has 6 nitrogen and oxygen atoms in total. The first-order chi connectivity index (χ1) is 11.0. The van der Waals surface area contributed by atoms with E-state index < -0.39 is 5.91 Å². The van der Waals surface area contributed by atoms with E-state index in [1.165, 1.54) is 19.6 Å². The van der Waals surface area contributed by atoms with Gasteiger partial charge >= 0.3 is 0 Å². The van der Waals surface area contributed by atoms with Crippen molar-refractivity contribution < 1.29 is 19.1 Å². The Morgan fingerprint density at radius 2 is 2.04 bits per heavy atom. The Labute approximate surface area is 136 Å². The zero-order chi connectivity index (χ0) is 16.8. The number of nitrogens with two attached hydrogens (primary N) is 1. The molecule has 2 atom stereocenters. The van der Waals surface area contributed by atoms with Crippen LogP contribution in [-0.4, -0.2) is 31.6 Å². The van der Waals surface area contributed by atoms with Crippen LogP contribution in [0, 0.1) is 5.92 Å². The third-order valence-electron chi connectivity index (χ3n) is 4.27. The summed E-state index contributed by atoms with van der Waals surface area (Å²) in [5, 5.41) is 3.01. The fourth-order valence-electron chi connectivity index (χ4n) is 2.88. The number of benzene rings is 1. The van der Waals surface area contributed by atoms with Crippen molar-refractivity contribution in [3.8, 4) is 11.5 Å². The minimum Gasteiger partial charge on any atom is -0.497 e. The van der Waals surface area contributed by atoms with E-state index in [2.05, 4.69) is 12.2 Å². The molecule has 23 heavy (non-hydrogen) atoms. The van der Waals surface area contributed by atoms with E-state index in [0.29, 0.717) is 11.7 Å². The smallest absolute Gasteiger partial charge is 0.258 e. The molecule has 0 radical (unpaired) electrons. The number of methoxy groups -OCH3 is 1. The normalized spacial score (nSPS) is 20.6. The maximum atomic E-state index is 12.1. The van der Waals surface area contributed by atoms with Crippen LogP contribution in [0.5, 0.6) is 11.5 Å². The molecule has 1 aromatic carbocycles. The lowest BCUT2D eigenvalue weighted by atomic mass is 9.86. The summed E-state index contributed by atoms with van der Waals surface area (Å²) >= 11 is 0. The second kappa shape index (κ2) is 7.85. The lowest BCUT2D eigenvalue weighted by Gasteiger charge is -2.29. The summed E-state index contributed by atoms with van der Waals surface area (Å²) in [4.78, 5) is 23.5. The third kappa shape index (κ3) is 4.61. The molecule has 3 N–H and O–H groups in total. The zero-order valence-corrected chi connectivity index (χ0v) is 13.6. The SMILES string of the molecule is COc1ccc(OCC(=O)N[C@H]2CCCC[C@H]2C)c(C(N)=O)c1. The summed E-state index contributed by atoms with van der Waals surface area (Å²) in [6.45, 7) is 2.01. The highest BCUT2D eigenvalue weighted by atomic mass is 16.5. The maximum absolute atomic E-state index is 12.1. The van der Waals surface area contributed by atoms with Crippen molar-refractivity contribution in [2.24, 2.45) is 11.7 Å². The van der Waals surface area contributed by atoms with Gasteiger partial charge in [0.1, 0.15) is 11.5 Å². The molecule has 2 rings (SSSR count). The first-order valence-corrected chi connectivity index (χ1v) is 7.91. The van der Waals surface area contributed by atoms with Crippen LogP contribution in [0.1, 0.15) is 43.0 Å². The van der Waals surface area contributed by atoms with E-state index in [0.717, 1.165) is 19.3 Å². The standard InChI is InChI=1S/C17H24N2O4/c1-11-5-3-4-6-14(11)19-16(20)10-23-15-8-7-12(22-2)9-13(15)17(18)21/h7-9,11,14H,3-6,10H2,1-2H3,(H2,18,21)(H,19,20)/t11-,14+/m1/s1. The molecule has 0 aromatic heterocycles. The van der Waals surface area contributed by atoms with Crippen LogP contribution in [-0.2, 0) is 4.79 Å². The van der Waals surface area contributed by atoms with Crippen LogP contribution in [0.25, 0.3) is 0 Å². The van der Waals surface area contributed by atoms with Gasteiger partial charge in [-0.25, -0.2) is 0 Å². The second-order valence-corrected chi connectivity index (χ2v) is 5.95. The van der Waals surface area contributed by atoms with E-state index in [1.807, 2.05) is 0 Å². The molecule has 1 aliphatic rings. The molecule has 0 bridgehead atoms. The molecule has 1 aromatic rings. The largest absolute Gasteiger partial charge is 0.497 e. The maximum Gasteiger partial charge on any atom is 0.258 e. The molecule has 0 heterocycles. The number of ether oxygens (including phenoxy) is 2. The van der Waals surface area contributed by atoms with Crippen molar-refractivity contribution in [1.82, 2.24) is 5.32 Å². The lowest BCUT2D eigenvalue weighted by Crippen LogP contribution is -2.43. The fraction of sp³-hybridized carbons (Fsp3) is 0.529. The minimum atomic E-state index is -0.625. The second-order valence-electron chi connectivity index (χ2n) is 5.95. The molecular formula is C17H24N2O4. The van der Waals surface area contributed by atoms with Gasteiger partial charge < -0.3 is 20.5 Å². The monoisotopic (exact) mass is 320 g/mol. The Bertz CT molecular complexity index is 574. The summed E-state index contributed by atoms with van der Waals surface area (Å²) < 4.78 is 10.5. The Morgan fingerprint density at radius 1 is 1.30 bits per heavy atom. The van der Waals surface area contributed by atoms with Crippen molar-refractivity contribution in [3.05, 3.63) is 23.8 Å². The average molecular weight is 320 g/mol. The van der Waals surface area contributed by atoms with Gasteiger partial charge in [-0.15, -0.1) is 0 Å². The van der Waals surface area contributed by atoms with Gasteiger partial charge in [0, 0.05) is 6.04 Å². The van der Waals surface area contributed by atoms with Gasteiger partial charge in [0.15, 0.2) is 6.61 Å². The molecule has 2 amide bonds. The zero-order valence-electron chi connectivity index (χ0n) is 13.6. The van der Waals surface area contributed by atoms with Crippen LogP contribution in [0.4, 0.5) is 0 Å². The average Bonchev–Trinajstić information content (AvgIpc) is 2.54. The van der Waals surface area contributed by atoms with Crippen LogP contribution in [0.15, 0.2) is 18.2 Å². The predicted molar refractivity (Wildman–Crippen MR) is 86.6 cm³/mol. The highest BCUT2D eigenvalue weighted by Crippen LogP contribution is 2.25. The van der Waals surface area contributed by atoms with E-state index >= 15 is 0 Å². The molecule has 0 spiro atoms. The van der Waals surface area contributed by atoms with Gasteiger partial charge in [0.2, 0.25) is 0 Å². The van der Waals surface area contributed by atoms with Crippen molar-refractivity contribution in [3.63, 3.8) is 0 Å². The van der Waals surface area contributed by atoms with Gasteiger partial charge in [0.25, 0.3) is 11.8 Å². The highest BCUT2D eigenvalue weighted by Gasteiger charge is 2.23. The first kappa shape index (κ1) is 17.1. The lowest BCUT2D eigenvalue weighted by molar-refractivity contribution is -0.124. The topological polar surface area (TPSA) is 90.7 Å². The van der Waals surface area contributed by atoms with E-state index in [9.17, 15) is 9.59 Å². The predicted octanol–water partition coefficient (Wildman–Crippen LogP) is 1.87. The molecule has 6 heteroatoms. The Hall–Kier alpha value is -2.24. The van der Waals surface area contributed by atoms with Gasteiger partial charge in [-0.2, -0.15) is 0 Å². The molecule has 126 valence electrons. The number of rotatable bonds is 6. The number of nitrogens with one attached hydrogen (secondary N) is 1. The number of carbonyl (C=O) groups excluding carboxylic acids is 2.